The highest BCUT2D eigenvalue weighted by Gasteiger charge is 2.16. The van der Waals surface area contributed by atoms with E-state index in [4.69, 9.17) is 0 Å². The molecule has 0 bridgehead atoms. The van der Waals surface area contributed by atoms with E-state index in [1.807, 2.05) is 28.2 Å². The second-order valence-electron chi connectivity index (χ2n) is 6.97. The molecule has 0 aliphatic carbocycles. The maximum atomic E-state index is 12.8. The molecule has 10 heteroatoms. The van der Waals surface area contributed by atoms with Gasteiger partial charge in [0.1, 0.15) is 5.56 Å². The summed E-state index contributed by atoms with van der Waals surface area (Å²) in [5, 5.41) is 4.68. The molecule has 0 radical (unpaired) electrons. The van der Waals surface area contributed by atoms with Gasteiger partial charge >= 0.3 is 5.69 Å². The predicted molar refractivity (Wildman–Crippen MR) is 121 cm³/mol. The first kappa shape index (κ1) is 19.6. The van der Waals surface area contributed by atoms with E-state index in [0.717, 1.165) is 27.0 Å². The van der Waals surface area contributed by atoms with Gasteiger partial charge in [-0.3, -0.25) is 23.5 Å². The van der Waals surface area contributed by atoms with Crippen LogP contribution < -0.4 is 16.6 Å². The van der Waals surface area contributed by atoms with Crippen LogP contribution in [0.4, 0.5) is 5.69 Å². The van der Waals surface area contributed by atoms with Crippen molar-refractivity contribution in [2.24, 2.45) is 0 Å². The van der Waals surface area contributed by atoms with Crippen molar-refractivity contribution >= 4 is 27.9 Å². The van der Waals surface area contributed by atoms with Crippen LogP contribution in [0, 0.1) is 0 Å². The Hall–Kier alpha value is -4.31. The summed E-state index contributed by atoms with van der Waals surface area (Å²) in [5.74, 6) is -0.621. The van der Waals surface area contributed by atoms with Gasteiger partial charge in [0, 0.05) is 41.4 Å². The summed E-state index contributed by atoms with van der Waals surface area (Å²) in [7, 11) is 0. The standard InChI is InChI=1S/C22H16N6O3S/c29-19(17-11-24-21(31)28(20(17)30)12-16-5-1-2-7-23-16)25-15-6-3-4-14(10-15)18-13-27-8-9-32-22(27)26-18/h1-11,13H,12H2,(H,24,31)(H,25,29). The molecule has 5 rings (SSSR count). The number of anilines is 1. The first-order chi connectivity index (χ1) is 15.6. The minimum atomic E-state index is -0.692. The van der Waals surface area contributed by atoms with Crippen molar-refractivity contribution < 1.29 is 4.79 Å². The van der Waals surface area contributed by atoms with Crippen molar-refractivity contribution in [3.8, 4) is 11.3 Å². The quantitative estimate of drug-likeness (QED) is 0.433. The Morgan fingerprint density at radius 2 is 2.06 bits per heavy atom. The van der Waals surface area contributed by atoms with Gasteiger partial charge in [-0.15, -0.1) is 11.3 Å². The second-order valence-corrected chi connectivity index (χ2v) is 7.85. The largest absolute Gasteiger partial charge is 0.328 e. The number of amides is 1. The molecule has 0 aliphatic heterocycles. The fraction of sp³-hybridized carbons (Fsp3) is 0.0455. The molecule has 32 heavy (non-hydrogen) atoms. The van der Waals surface area contributed by atoms with E-state index < -0.39 is 17.2 Å². The number of rotatable bonds is 5. The van der Waals surface area contributed by atoms with Crippen molar-refractivity contribution in [2.45, 2.75) is 6.54 Å². The third-order valence-corrected chi connectivity index (χ3v) is 5.63. The number of thiazole rings is 1. The molecule has 2 N–H and O–H groups in total. The lowest BCUT2D eigenvalue weighted by atomic mass is 10.1. The normalized spacial score (nSPS) is 11.0. The average molecular weight is 444 g/mol. The van der Waals surface area contributed by atoms with Gasteiger partial charge < -0.3 is 10.3 Å². The number of H-pyrrole nitrogens is 1. The number of imidazole rings is 1. The first-order valence-corrected chi connectivity index (χ1v) is 10.5. The molecule has 0 atom stereocenters. The minimum Gasteiger partial charge on any atom is -0.322 e. The Kier molecular flexibility index (Phi) is 4.96. The predicted octanol–water partition coefficient (Wildman–Crippen LogP) is 2.61. The van der Waals surface area contributed by atoms with Crippen molar-refractivity contribution in [1.29, 1.82) is 0 Å². The van der Waals surface area contributed by atoms with E-state index in [1.54, 1.807) is 42.6 Å². The monoisotopic (exact) mass is 444 g/mol. The SMILES string of the molecule is O=C(Nc1cccc(-c2cn3ccsc3n2)c1)c1c[nH]c(=O)n(Cc2ccccn2)c1=O. The maximum absolute atomic E-state index is 12.8. The van der Waals surface area contributed by atoms with E-state index in [2.05, 4.69) is 20.3 Å². The van der Waals surface area contributed by atoms with Crippen LogP contribution in [0.1, 0.15) is 16.1 Å². The molecule has 0 spiro atoms. The Labute approximate surface area is 184 Å². The van der Waals surface area contributed by atoms with Crippen LogP contribution in [0.3, 0.4) is 0 Å². The Bertz CT molecular complexity index is 1520. The van der Waals surface area contributed by atoms with Crippen LogP contribution in [0.25, 0.3) is 16.2 Å². The molecule has 5 aromatic rings. The fourth-order valence-corrected chi connectivity index (χ4v) is 3.99. The first-order valence-electron chi connectivity index (χ1n) is 9.65. The van der Waals surface area contributed by atoms with Gasteiger partial charge in [-0.25, -0.2) is 9.78 Å². The lowest BCUT2D eigenvalue weighted by molar-refractivity contribution is 0.102. The van der Waals surface area contributed by atoms with Crippen molar-refractivity contribution in [3.63, 3.8) is 0 Å². The van der Waals surface area contributed by atoms with Gasteiger partial charge in [0.25, 0.3) is 11.5 Å². The molecule has 4 aromatic heterocycles. The van der Waals surface area contributed by atoms with Crippen molar-refractivity contribution in [2.75, 3.05) is 5.32 Å². The zero-order valence-corrected chi connectivity index (χ0v) is 17.4. The van der Waals surface area contributed by atoms with Crippen LogP contribution in [-0.4, -0.2) is 29.8 Å². The number of aromatic nitrogens is 5. The third kappa shape index (κ3) is 3.74. The summed E-state index contributed by atoms with van der Waals surface area (Å²) >= 11 is 1.53. The molecule has 0 saturated carbocycles. The lowest BCUT2D eigenvalue weighted by Gasteiger charge is -2.09. The van der Waals surface area contributed by atoms with Crippen LogP contribution >= 0.6 is 11.3 Å². The fourth-order valence-electron chi connectivity index (χ4n) is 3.29. The number of carbonyl (C=O) groups is 1. The van der Waals surface area contributed by atoms with E-state index >= 15 is 0 Å². The summed E-state index contributed by atoms with van der Waals surface area (Å²) in [4.78, 5) is 49.8. The third-order valence-electron chi connectivity index (χ3n) is 4.86. The Morgan fingerprint density at radius 3 is 2.88 bits per heavy atom. The number of aromatic amines is 1. The van der Waals surface area contributed by atoms with Crippen LogP contribution in [0.2, 0.25) is 0 Å². The molecule has 0 unspecified atom stereocenters. The topological polar surface area (TPSA) is 114 Å². The summed E-state index contributed by atoms with van der Waals surface area (Å²) < 4.78 is 2.88. The number of pyridine rings is 1. The molecule has 158 valence electrons. The smallest absolute Gasteiger partial charge is 0.322 e. The number of nitrogens with zero attached hydrogens (tertiary/aromatic N) is 4. The Balaban J connectivity index is 1.42. The number of benzene rings is 1. The molecule has 0 saturated heterocycles. The Morgan fingerprint density at radius 1 is 1.16 bits per heavy atom. The molecule has 9 nitrogen and oxygen atoms in total. The van der Waals surface area contributed by atoms with Gasteiger partial charge in [0.15, 0.2) is 4.96 Å². The molecular weight excluding hydrogens is 428 g/mol. The molecule has 1 amide bonds. The van der Waals surface area contributed by atoms with E-state index in [0.29, 0.717) is 11.4 Å². The number of hydrogen-bond donors (Lipinski definition) is 2. The number of carbonyl (C=O) groups excluding carboxylic acids is 1. The molecule has 0 fully saturated rings. The summed E-state index contributed by atoms with van der Waals surface area (Å²) in [5.41, 5.74) is 1.16. The van der Waals surface area contributed by atoms with E-state index in [9.17, 15) is 14.4 Å². The van der Waals surface area contributed by atoms with Crippen LogP contribution in [-0.2, 0) is 6.54 Å². The summed E-state index contributed by atoms with van der Waals surface area (Å²) in [6, 6.07) is 12.4. The molecule has 1 aromatic carbocycles. The number of hydrogen-bond acceptors (Lipinski definition) is 6. The van der Waals surface area contributed by atoms with Crippen LogP contribution in [0.15, 0.2) is 82.2 Å². The van der Waals surface area contributed by atoms with Gasteiger partial charge in [-0.05, 0) is 24.3 Å². The van der Waals surface area contributed by atoms with Crippen molar-refractivity contribution in [1.82, 2.24) is 23.9 Å². The summed E-state index contributed by atoms with van der Waals surface area (Å²) in [6.45, 7) is -0.0386. The lowest BCUT2D eigenvalue weighted by Crippen LogP contribution is -2.39. The van der Waals surface area contributed by atoms with Gasteiger partial charge in [-0.2, -0.15) is 0 Å². The van der Waals surface area contributed by atoms with Gasteiger partial charge in [0.05, 0.1) is 17.9 Å². The number of fused-ring (bicyclic) bond motifs is 1. The van der Waals surface area contributed by atoms with Gasteiger partial charge in [0.2, 0.25) is 0 Å². The average Bonchev–Trinajstić information content (AvgIpc) is 3.40. The highest BCUT2D eigenvalue weighted by molar-refractivity contribution is 7.15. The number of nitrogens with one attached hydrogen (secondary N) is 2. The zero-order chi connectivity index (χ0) is 22.1. The molecule has 4 heterocycles. The van der Waals surface area contributed by atoms with Crippen molar-refractivity contribution in [3.05, 3.63) is 105 Å². The van der Waals surface area contributed by atoms with Gasteiger partial charge in [-0.1, -0.05) is 18.2 Å². The highest BCUT2D eigenvalue weighted by Crippen LogP contribution is 2.24. The van der Waals surface area contributed by atoms with E-state index in [1.165, 1.54) is 11.3 Å². The molecular formula is C22H16N6O3S. The second kappa shape index (κ2) is 8.08. The van der Waals surface area contributed by atoms with E-state index in [-0.39, 0.29) is 12.1 Å². The van der Waals surface area contributed by atoms with Crippen LogP contribution in [0.5, 0.6) is 0 Å². The molecule has 0 aliphatic rings. The maximum Gasteiger partial charge on any atom is 0.328 e. The zero-order valence-electron chi connectivity index (χ0n) is 16.6. The summed E-state index contributed by atoms with van der Waals surface area (Å²) in [6.07, 6.45) is 6.53. The minimum absolute atomic E-state index is 0.0386. The highest BCUT2D eigenvalue weighted by atomic mass is 32.1.